The molecular formula is C12H19N3. The molecule has 1 aliphatic rings. The molecular weight excluding hydrogens is 186 g/mol. The van der Waals surface area contributed by atoms with E-state index in [0.29, 0.717) is 11.8 Å². The van der Waals surface area contributed by atoms with Crippen molar-refractivity contribution in [1.82, 2.24) is 15.3 Å². The van der Waals surface area contributed by atoms with Crippen LogP contribution in [0.15, 0.2) is 18.7 Å². The molecule has 1 fully saturated rings. The number of hydrogen-bond donors (Lipinski definition) is 1. The van der Waals surface area contributed by atoms with Gasteiger partial charge < -0.3 is 5.32 Å². The number of nitrogens with zero attached hydrogens (tertiary/aromatic N) is 2. The average Bonchev–Trinajstić information content (AvgIpc) is 3.10. The Morgan fingerprint density at radius 2 is 2.00 bits per heavy atom. The molecule has 2 unspecified atom stereocenters. The summed E-state index contributed by atoms with van der Waals surface area (Å²) in [5, 5.41) is 3.57. The zero-order valence-corrected chi connectivity index (χ0v) is 9.48. The monoisotopic (exact) mass is 205 g/mol. The maximum absolute atomic E-state index is 4.06. The Labute approximate surface area is 91.3 Å². The van der Waals surface area contributed by atoms with Gasteiger partial charge in [-0.15, -0.1) is 0 Å². The van der Waals surface area contributed by atoms with Gasteiger partial charge in [-0.05, 0) is 36.8 Å². The van der Waals surface area contributed by atoms with E-state index in [0.717, 1.165) is 12.6 Å². The van der Waals surface area contributed by atoms with Gasteiger partial charge in [-0.25, -0.2) is 9.97 Å². The smallest absolute Gasteiger partial charge is 0.115 e. The molecule has 1 aromatic heterocycles. The van der Waals surface area contributed by atoms with E-state index < -0.39 is 0 Å². The SMILES string of the molecule is CC(CNC1CC1)C(C)c1cncnc1. The lowest BCUT2D eigenvalue weighted by Crippen LogP contribution is -2.26. The van der Waals surface area contributed by atoms with Gasteiger partial charge in [0.05, 0.1) is 0 Å². The molecule has 2 atom stereocenters. The molecule has 2 rings (SSSR count). The Morgan fingerprint density at radius 3 is 2.60 bits per heavy atom. The fourth-order valence-corrected chi connectivity index (χ4v) is 1.69. The van der Waals surface area contributed by atoms with E-state index in [1.807, 2.05) is 12.4 Å². The fourth-order valence-electron chi connectivity index (χ4n) is 1.69. The molecule has 0 aliphatic heterocycles. The van der Waals surface area contributed by atoms with E-state index >= 15 is 0 Å². The van der Waals surface area contributed by atoms with Crippen LogP contribution in [-0.2, 0) is 0 Å². The predicted molar refractivity (Wildman–Crippen MR) is 60.6 cm³/mol. The lowest BCUT2D eigenvalue weighted by Gasteiger charge is -2.20. The van der Waals surface area contributed by atoms with Crippen LogP contribution in [0, 0.1) is 5.92 Å². The van der Waals surface area contributed by atoms with E-state index in [1.54, 1.807) is 6.33 Å². The third-order valence-electron chi connectivity index (χ3n) is 3.27. The highest BCUT2D eigenvalue weighted by Gasteiger charge is 2.22. The third-order valence-corrected chi connectivity index (χ3v) is 3.27. The van der Waals surface area contributed by atoms with Crippen molar-refractivity contribution in [3.8, 4) is 0 Å². The number of aromatic nitrogens is 2. The predicted octanol–water partition coefficient (Wildman–Crippen LogP) is 1.97. The molecule has 1 N–H and O–H groups in total. The van der Waals surface area contributed by atoms with E-state index in [2.05, 4.69) is 29.1 Å². The molecule has 0 spiro atoms. The third kappa shape index (κ3) is 2.99. The van der Waals surface area contributed by atoms with Gasteiger partial charge in [0.15, 0.2) is 0 Å². The molecule has 0 aromatic carbocycles. The highest BCUT2D eigenvalue weighted by Crippen LogP contribution is 2.24. The second-order valence-electron chi connectivity index (χ2n) is 4.62. The molecule has 1 aromatic rings. The van der Waals surface area contributed by atoms with Crippen molar-refractivity contribution in [2.75, 3.05) is 6.54 Å². The van der Waals surface area contributed by atoms with E-state index in [1.165, 1.54) is 18.4 Å². The van der Waals surface area contributed by atoms with Crippen molar-refractivity contribution in [3.05, 3.63) is 24.3 Å². The van der Waals surface area contributed by atoms with Crippen molar-refractivity contribution in [2.24, 2.45) is 5.92 Å². The molecule has 0 radical (unpaired) electrons. The van der Waals surface area contributed by atoms with E-state index in [9.17, 15) is 0 Å². The summed E-state index contributed by atoms with van der Waals surface area (Å²) in [6, 6.07) is 0.798. The van der Waals surface area contributed by atoms with Gasteiger partial charge in [-0.2, -0.15) is 0 Å². The lowest BCUT2D eigenvalue weighted by atomic mass is 9.90. The van der Waals surface area contributed by atoms with Crippen molar-refractivity contribution < 1.29 is 0 Å². The van der Waals surface area contributed by atoms with Gasteiger partial charge in [0.25, 0.3) is 0 Å². The second kappa shape index (κ2) is 4.71. The zero-order valence-electron chi connectivity index (χ0n) is 9.48. The highest BCUT2D eigenvalue weighted by molar-refractivity contribution is 5.10. The van der Waals surface area contributed by atoms with Gasteiger partial charge >= 0.3 is 0 Å². The van der Waals surface area contributed by atoms with Crippen LogP contribution in [0.25, 0.3) is 0 Å². The number of nitrogens with one attached hydrogen (secondary N) is 1. The molecule has 15 heavy (non-hydrogen) atoms. The van der Waals surface area contributed by atoms with Crippen molar-refractivity contribution in [3.63, 3.8) is 0 Å². The summed E-state index contributed by atoms with van der Waals surface area (Å²) in [5.74, 6) is 1.16. The molecule has 0 amide bonds. The minimum Gasteiger partial charge on any atom is -0.314 e. The van der Waals surface area contributed by atoms with Crippen LogP contribution in [0.5, 0.6) is 0 Å². The molecule has 3 heteroatoms. The topological polar surface area (TPSA) is 37.8 Å². The zero-order chi connectivity index (χ0) is 10.7. The standard InChI is InChI=1S/C12H19N3/c1-9(5-15-12-3-4-12)10(2)11-6-13-8-14-7-11/h6-10,12,15H,3-5H2,1-2H3. The van der Waals surface area contributed by atoms with Crippen molar-refractivity contribution >= 4 is 0 Å². The lowest BCUT2D eigenvalue weighted by molar-refractivity contribution is 0.445. The Hall–Kier alpha value is -0.960. The number of hydrogen-bond acceptors (Lipinski definition) is 3. The summed E-state index contributed by atoms with van der Waals surface area (Å²) in [4.78, 5) is 8.13. The average molecular weight is 205 g/mol. The Morgan fingerprint density at radius 1 is 1.33 bits per heavy atom. The Balaban J connectivity index is 1.85. The molecule has 0 saturated heterocycles. The van der Waals surface area contributed by atoms with Crippen LogP contribution in [0.3, 0.4) is 0 Å². The van der Waals surface area contributed by atoms with Gasteiger partial charge in [-0.3, -0.25) is 0 Å². The van der Waals surface area contributed by atoms with Crippen molar-refractivity contribution in [2.45, 2.75) is 38.6 Å². The first-order valence-electron chi connectivity index (χ1n) is 5.75. The Bertz CT molecular complexity index is 295. The highest BCUT2D eigenvalue weighted by atomic mass is 14.9. The summed E-state index contributed by atoms with van der Waals surface area (Å²) >= 11 is 0. The Kier molecular flexibility index (Phi) is 3.31. The molecule has 3 nitrogen and oxygen atoms in total. The normalized spacial score (nSPS) is 19.9. The number of rotatable bonds is 5. The van der Waals surface area contributed by atoms with Crippen LogP contribution >= 0.6 is 0 Å². The summed E-state index contributed by atoms with van der Waals surface area (Å²) in [6.45, 7) is 5.63. The fraction of sp³-hybridized carbons (Fsp3) is 0.667. The van der Waals surface area contributed by atoms with Crippen LogP contribution in [-0.4, -0.2) is 22.6 Å². The van der Waals surface area contributed by atoms with Crippen LogP contribution in [0.2, 0.25) is 0 Å². The summed E-state index contributed by atoms with van der Waals surface area (Å²) in [5.41, 5.74) is 1.24. The van der Waals surface area contributed by atoms with Crippen LogP contribution < -0.4 is 5.32 Å². The van der Waals surface area contributed by atoms with Crippen LogP contribution in [0.1, 0.15) is 38.2 Å². The minimum atomic E-state index is 0.525. The molecule has 0 bridgehead atoms. The summed E-state index contributed by atoms with van der Waals surface area (Å²) in [7, 11) is 0. The maximum atomic E-state index is 4.06. The van der Waals surface area contributed by atoms with Gasteiger partial charge in [-0.1, -0.05) is 13.8 Å². The molecule has 1 heterocycles. The first kappa shape index (κ1) is 10.6. The maximum Gasteiger partial charge on any atom is 0.115 e. The first-order chi connectivity index (χ1) is 7.27. The minimum absolute atomic E-state index is 0.525. The van der Waals surface area contributed by atoms with Crippen LogP contribution in [0.4, 0.5) is 0 Å². The summed E-state index contributed by atoms with van der Waals surface area (Å²) in [6.07, 6.45) is 8.14. The summed E-state index contributed by atoms with van der Waals surface area (Å²) < 4.78 is 0. The quantitative estimate of drug-likeness (QED) is 0.798. The van der Waals surface area contributed by atoms with Gasteiger partial charge in [0.1, 0.15) is 6.33 Å². The molecule has 82 valence electrons. The van der Waals surface area contributed by atoms with E-state index in [4.69, 9.17) is 0 Å². The molecule has 1 aliphatic carbocycles. The van der Waals surface area contributed by atoms with Gasteiger partial charge in [0.2, 0.25) is 0 Å². The second-order valence-corrected chi connectivity index (χ2v) is 4.62. The first-order valence-corrected chi connectivity index (χ1v) is 5.75. The van der Waals surface area contributed by atoms with Gasteiger partial charge in [0, 0.05) is 18.4 Å². The van der Waals surface area contributed by atoms with E-state index in [-0.39, 0.29) is 0 Å². The largest absolute Gasteiger partial charge is 0.314 e. The van der Waals surface area contributed by atoms with Crippen molar-refractivity contribution in [1.29, 1.82) is 0 Å². The molecule has 1 saturated carbocycles.